The van der Waals surface area contributed by atoms with Crippen molar-refractivity contribution in [3.05, 3.63) is 65.7 Å². The van der Waals surface area contributed by atoms with Crippen LogP contribution in [0.3, 0.4) is 0 Å². The summed E-state index contributed by atoms with van der Waals surface area (Å²) in [7, 11) is 1.74. The van der Waals surface area contributed by atoms with Crippen molar-refractivity contribution in [2.45, 2.75) is 31.6 Å². The smallest absolute Gasteiger partial charge is 0.119 e. The fourth-order valence-corrected chi connectivity index (χ4v) is 4.98. The molecule has 1 heterocycles. The van der Waals surface area contributed by atoms with Crippen molar-refractivity contribution >= 4 is 0 Å². The van der Waals surface area contributed by atoms with Crippen LogP contribution in [0.15, 0.2) is 54.6 Å². The first-order valence-corrected chi connectivity index (χ1v) is 9.64. The zero-order chi connectivity index (χ0) is 17.2. The maximum Gasteiger partial charge on any atom is 0.119 e. The van der Waals surface area contributed by atoms with Gasteiger partial charge in [0.05, 0.1) is 7.11 Å². The Morgan fingerprint density at radius 2 is 1.72 bits per heavy atom. The Kier molecular flexibility index (Phi) is 4.80. The first-order valence-electron chi connectivity index (χ1n) is 9.64. The molecule has 0 aromatic heterocycles. The van der Waals surface area contributed by atoms with E-state index in [0.717, 1.165) is 30.0 Å². The number of fused-ring (bicyclic) bond motifs is 1. The molecule has 0 radical (unpaired) electrons. The van der Waals surface area contributed by atoms with Crippen molar-refractivity contribution in [2.24, 2.45) is 11.8 Å². The molecule has 4 atom stereocenters. The standard InChI is InChI=1S/C23H29NO/c1-17(19-9-6-10-23(13-19)25-2)14-24-15-21-11-20(12-22(21)16-24)18-7-4-3-5-8-18/h3-10,13,17,20-22H,11-12,14-16H2,1-2H3/t17?,20?,21-,22+. The van der Waals surface area contributed by atoms with E-state index in [1.54, 1.807) is 12.7 Å². The molecule has 2 nitrogen and oxygen atoms in total. The maximum atomic E-state index is 5.38. The Morgan fingerprint density at radius 3 is 2.40 bits per heavy atom. The molecular weight excluding hydrogens is 306 g/mol. The van der Waals surface area contributed by atoms with E-state index in [0.29, 0.717) is 5.92 Å². The second-order valence-corrected chi connectivity index (χ2v) is 8.00. The van der Waals surface area contributed by atoms with Gasteiger partial charge in [-0.15, -0.1) is 0 Å². The highest BCUT2D eigenvalue weighted by Gasteiger charge is 2.41. The molecule has 0 bridgehead atoms. The van der Waals surface area contributed by atoms with Crippen molar-refractivity contribution in [1.82, 2.24) is 4.90 Å². The van der Waals surface area contributed by atoms with Crippen LogP contribution >= 0.6 is 0 Å². The van der Waals surface area contributed by atoms with Crippen LogP contribution in [0.4, 0.5) is 0 Å². The summed E-state index contributed by atoms with van der Waals surface area (Å²) >= 11 is 0. The van der Waals surface area contributed by atoms with Crippen LogP contribution in [0.1, 0.15) is 42.7 Å². The predicted molar refractivity (Wildman–Crippen MR) is 103 cm³/mol. The molecule has 2 unspecified atom stereocenters. The number of benzene rings is 2. The monoisotopic (exact) mass is 335 g/mol. The number of nitrogens with zero attached hydrogens (tertiary/aromatic N) is 1. The van der Waals surface area contributed by atoms with Crippen molar-refractivity contribution < 1.29 is 4.74 Å². The second-order valence-electron chi connectivity index (χ2n) is 8.00. The van der Waals surface area contributed by atoms with E-state index in [1.807, 2.05) is 6.07 Å². The molecule has 4 rings (SSSR count). The quantitative estimate of drug-likeness (QED) is 0.768. The third-order valence-electron chi connectivity index (χ3n) is 6.29. The van der Waals surface area contributed by atoms with Crippen molar-refractivity contribution in [1.29, 1.82) is 0 Å². The first-order chi connectivity index (χ1) is 12.2. The molecule has 2 fully saturated rings. The van der Waals surface area contributed by atoms with Crippen LogP contribution in [-0.4, -0.2) is 31.6 Å². The van der Waals surface area contributed by atoms with Crippen LogP contribution < -0.4 is 4.74 Å². The van der Waals surface area contributed by atoms with Crippen LogP contribution in [0.5, 0.6) is 5.75 Å². The number of methoxy groups -OCH3 is 1. The molecule has 0 N–H and O–H groups in total. The number of hydrogen-bond donors (Lipinski definition) is 0. The van der Waals surface area contributed by atoms with Crippen LogP contribution in [0.25, 0.3) is 0 Å². The lowest BCUT2D eigenvalue weighted by atomic mass is 9.95. The molecule has 2 aromatic rings. The molecule has 1 saturated carbocycles. The van der Waals surface area contributed by atoms with E-state index in [-0.39, 0.29) is 0 Å². The van der Waals surface area contributed by atoms with E-state index in [2.05, 4.69) is 60.4 Å². The largest absolute Gasteiger partial charge is 0.497 e. The fraction of sp³-hybridized carbons (Fsp3) is 0.478. The van der Waals surface area contributed by atoms with Crippen molar-refractivity contribution in [3.8, 4) is 5.75 Å². The minimum Gasteiger partial charge on any atom is -0.497 e. The predicted octanol–water partition coefficient (Wildman–Crippen LogP) is 4.92. The summed E-state index contributed by atoms with van der Waals surface area (Å²) in [6.45, 7) is 6.07. The third kappa shape index (κ3) is 3.59. The van der Waals surface area contributed by atoms with Gasteiger partial charge in [0.1, 0.15) is 5.75 Å². The van der Waals surface area contributed by atoms with Gasteiger partial charge < -0.3 is 9.64 Å². The highest BCUT2D eigenvalue weighted by Crippen LogP contribution is 2.46. The lowest BCUT2D eigenvalue weighted by Crippen LogP contribution is -2.26. The van der Waals surface area contributed by atoms with Gasteiger partial charge in [0.2, 0.25) is 0 Å². The van der Waals surface area contributed by atoms with E-state index in [1.165, 1.54) is 31.5 Å². The first kappa shape index (κ1) is 16.7. The summed E-state index contributed by atoms with van der Waals surface area (Å²) < 4.78 is 5.38. The van der Waals surface area contributed by atoms with Gasteiger partial charge in [-0.2, -0.15) is 0 Å². The van der Waals surface area contributed by atoms with Gasteiger partial charge in [0, 0.05) is 19.6 Å². The number of ether oxygens (including phenoxy) is 1. The molecule has 1 saturated heterocycles. The van der Waals surface area contributed by atoms with Gasteiger partial charge in [-0.05, 0) is 59.8 Å². The molecule has 0 spiro atoms. The zero-order valence-corrected chi connectivity index (χ0v) is 15.4. The number of hydrogen-bond acceptors (Lipinski definition) is 2. The average molecular weight is 335 g/mol. The zero-order valence-electron chi connectivity index (χ0n) is 15.4. The van der Waals surface area contributed by atoms with Gasteiger partial charge >= 0.3 is 0 Å². The van der Waals surface area contributed by atoms with Gasteiger partial charge in [0.25, 0.3) is 0 Å². The Morgan fingerprint density at radius 1 is 1.00 bits per heavy atom. The number of rotatable bonds is 5. The van der Waals surface area contributed by atoms with Gasteiger partial charge in [-0.1, -0.05) is 49.4 Å². The summed E-state index contributed by atoms with van der Waals surface area (Å²) in [5.74, 6) is 4.09. The van der Waals surface area contributed by atoms with Crippen LogP contribution in [-0.2, 0) is 0 Å². The van der Waals surface area contributed by atoms with E-state index >= 15 is 0 Å². The van der Waals surface area contributed by atoms with Crippen LogP contribution in [0, 0.1) is 11.8 Å². The third-order valence-corrected chi connectivity index (χ3v) is 6.29. The molecule has 1 aliphatic heterocycles. The highest BCUT2D eigenvalue weighted by atomic mass is 16.5. The van der Waals surface area contributed by atoms with Crippen molar-refractivity contribution in [3.63, 3.8) is 0 Å². The molecular formula is C23H29NO. The minimum absolute atomic E-state index is 0.554. The Bertz CT molecular complexity index is 684. The SMILES string of the molecule is COc1cccc(C(C)CN2C[C@H]3CC(c4ccccc4)C[C@H]3C2)c1. The Labute approximate surface area is 151 Å². The summed E-state index contributed by atoms with van der Waals surface area (Å²) in [6, 6.07) is 19.7. The van der Waals surface area contributed by atoms with Gasteiger partial charge in [-0.25, -0.2) is 0 Å². The van der Waals surface area contributed by atoms with Crippen LogP contribution in [0.2, 0.25) is 0 Å². The topological polar surface area (TPSA) is 12.5 Å². The fourth-order valence-electron chi connectivity index (χ4n) is 4.98. The molecule has 25 heavy (non-hydrogen) atoms. The lowest BCUT2D eigenvalue weighted by Gasteiger charge is -2.23. The molecule has 2 aromatic carbocycles. The molecule has 2 aliphatic rings. The summed E-state index contributed by atoms with van der Waals surface area (Å²) in [6.07, 6.45) is 2.75. The average Bonchev–Trinajstić information content (AvgIpc) is 3.21. The van der Waals surface area contributed by atoms with Gasteiger partial charge in [-0.3, -0.25) is 0 Å². The molecule has 2 heteroatoms. The van der Waals surface area contributed by atoms with Gasteiger partial charge in [0.15, 0.2) is 0 Å². The minimum atomic E-state index is 0.554. The Balaban J connectivity index is 1.34. The summed E-state index contributed by atoms with van der Waals surface area (Å²) in [5, 5.41) is 0. The molecule has 1 aliphatic carbocycles. The molecule has 132 valence electrons. The number of likely N-dealkylation sites (tertiary alicyclic amines) is 1. The van der Waals surface area contributed by atoms with E-state index in [4.69, 9.17) is 4.74 Å². The van der Waals surface area contributed by atoms with Crippen molar-refractivity contribution in [2.75, 3.05) is 26.7 Å². The van der Waals surface area contributed by atoms with E-state index < -0.39 is 0 Å². The Hall–Kier alpha value is -1.80. The summed E-state index contributed by atoms with van der Waals surface area (Å²) in [4.78, 5) is 2.70. The lowest BCUT2D eigenvalue weighted by molar-refractivity contribution is 0.292. The second kappa shape index (κ2) is 7.21. The summed E-state index contributed by atoms with van der Waals surface area (Å²) in [5.41, 5.74) is 2.94. The maximum absolute atomic E-state index is 5.38. The molecule has 0 amide bonds. The normalized spacial score (nSPS) is 27.2. The highest BCUT2D eigenvalue weighted by molar-refractivity contribution is 5.30. The van der Waals surface area contributed by atoms with E-state index in [9.17, 15) is 0 Å².